The molecule has 7 heteroatoms. The van der Waals surface area contributed by atoms with E-state index in [-0.39, 0.29) is 17.0 Å². The maximum atomic E-state index is 12.8. The van der Waals surface area contributed by atoms with Crippen LogP contribution in [0.25, 0.3) is 0 Å². The number of hydrogen-bond donors (Lipinski definition) is 1. The summed E-state index contributed by atoms with van der Waals surface area (Å²) < 4.78 is 1.35. The van der Waals surface area contributed by atoms with Crippen molar-refractivity contribution < 1.29 is 9.59 Å². The van der Waals surface area contributed by atoms with Gasteiger partial charge in [0.15, 0.2) is 0 Å². The molecule has 2 amide bonds. The summed E-state index contributed by atoms with van der Waals surface area (Å²) in [6.07, 6.45) is 5.51. The number of rotatable bonds is 3. The van der Waals surface area contributed by atoms with Gasteiger partial charge in [-0.05, 0) is 48.4 Å². The molecule has 0 aliphatic carbocycles. The zero-order valence-corrected chi connectivity index (χ0v) is 15.3. The molecule has 0 radical (unpaired) electrons. The van der Waals surface area contributed by atoms with Crippen LogP contribution in [0.1, 0.15) is 26.3 Å². The molecule has 1 N–H and O–H groups in total. The fourth-order valence-electron chi connectivity index (χ4n) is 3.29. The smallest absolute Gasteiger partial charge is 0.263 e. The molecular weight excluding hydrogens is 356 g/mol. The Morgan fingerprint density at radius 3 is 2.68 bits per heavy atom. The van der Waals surface area contributed by atoms with Crippen LogP contribution in [0, 0.1) is 0 Å². The number of nitrogens with zero attached hydrogens (tertiary/aromatic N) is 3. The monoisotopic (exact) mass is 374 g/mol. The van der Waals surface area contributed by atoms with Gasteiger partial charge in [-0.1, -0.05) is 6.07 Å². The number of amides is 2. The Morgan fingerprint density at radius 2 is 1.89 bits per heavy atom. The molecule has 28 heavy (non-hydrogen) atoms. The average molecular weight is 374 g/mol. The molecule has 1 aromatic carbocycles. The predicted octanol–water partition coefficient (Wildman–Crippen LogP) is 2.24. The zero-order valence-electron chi connectivity index (χ0n) is 15.3. The highest BCUT2D eigenvalue weighted by atomic mass is 16.2. The topological polar surface area (TPSA) is 84.3 Å². The van der Waals surface area contributed by atoms with Gasteiger partial charge in [0.25, 0.3) is 17.4 Å². The maximum absolute atomic E-state index is 12.8. The highest BCUT2D eigenvalue weighted by Gasteiger charge is 2.26. The van der Waals surface area contributed by atoms with Crippen LogP contribution in [0.3, 0.4) is 0 Å². The van der Waals surface area contributed by atoms with Crippen LogP contribution in [0.4, 0.5) is 11.4 Å². The second kappa shape index (κ2) is 7.11. The highest BCUT2D eigenvalue weighted by Crippen LogP contribution is 2.32. The van der Waals surface area contributed by atoms with Gasteiger partial charge in [-0.25, -0.2) is 0 Å². The Bertz CT molecular complexity index is 1120. The number of carbonyl (C=O) groups excluding carboxylic acids is 2. The summed E-state index contributed by atoms with van der Waals surface area (Å²) >= 11 is 0. The van der Waals surface area contributed by atoms with E-state index in [0.717, 1.165) is 17.7 Å². The molecule has 4 rings (SSSR count). The van der Waals surface area contributed by atoms with Gasteiger partial charge in [-0.2, -0.15) is 0 Å². The van der Waals surface area contributed by atoms with E-state index in [1.807, 2.05) is 6.07 Å². The van der Waals surface area contributed by atoms with Gasteiger partial charge in [0, 0.05) is 49.1 Å². The van der Waals surface area contributed by atoms with Crippen molar-refractivity contribution >= 4 is 23.2 Å². The van der Waals surface area contributed by atoms with E-state index in [1.165, 1.54) is 10.6 Å². The van der Waals surface area contributed by atoms with E-state index in [1.54, 1.807) is 60.9 Å². The maximum Gasteiger partial charge on any atom is 0.263 e. The van der Waals surface area contributed by atoms with Crippen LogP contribution < -0.4 is 15.8 Å². The molecule has 140 valence electrons. The average Bonchev–Trinajstić information content (AvgIpc) is 3.13. The fraction of sp³-hybridized carbons (Fsp3) is 0.143. The van der Waals surface area contributed by atoms with E-state index >= 15 is 0 Å². The molecule has 0 fully saturated rings. The second-order valence-corrected chi connectivity index (χ2v) is 6.58. The van der Waals surface area contributed by atoms with Gasteiger partial charge >= 0.3 is 0 Å². The number of aryl methyl sites for hydroxylation is 1. The molecule has 1 aliphatic rings. The van der Waals surface area contributed by atoms with Gasteiger partial charge in [0.2, 0.25) is 0 Å². The van der Waals surface area contributed by atoms with Crippen molar-refractivity contribution in [3.8, 4) is 0 Å². The molecule has 0 saturated carbocycles. The van der Waals surface area contributed by atoms with Crippen molar-refractivity contribution in [2.24, 2.45) is 7.05 Å². The number of carbonyl (C=O) groups is 2. The molecule has 0 saturated heterocycles. The third-order valence-electron chi connectivity index (χ3n) is 4.78. The van der Waals surface area contributed by atoms with Crippen molar-refractivity contribution in [1.82, 2.24) is 9.55 Å². The van der Waals surface area contributed by atoms with Crippen LogP contribution in [0.5, 0.6) is 0 Å². The van der Waals surface area contributed by atoms with Gasteiger partial charge in [-0.3, -0.25) is 19.4 Å². The van der Waals surface area contributed by atoms with Crippen LogP contribution in [0.15, 0.2) is 65.8 Å². The highest BCUT2D eigenvalue weighted by molar-refractivity contribution is 6.08. The zero-order chi connectivity index (χ0) is 19.7. The Kier molecular flexibility index (Phi) is 4.49. The first kappa shape index (κ1) is 17.7. The summed E-state index contributed by atoms with van der Waals surface area (Å²) in [6.45, 7) is 0.577. The Labute approximate surface area is 161 Å². The summed E-state index contributed by atoms with van der Waals surface area (Å²) in [5.41, 5.74) is 2.59. The van der Waals surface area contributed by atoms with Crippen LogP contribution >= 0.6 is 0 Å². The van der Waals surface area contributed by atoms with Gasteiger partial charge < -0.3 is 14.8 Å². The van der Waals surface area contributed by atoms with E-state index in [0.29, 0.717) is 17.8 Å². The van der Waals surface area contributed by atoms with Crippen LogP contribution in [-0.4, -0.2) is 27.9 Å². The molecule has 3 heterocycles. The van der Waals surface area contributed by atoms with E-state index in [2.05, 4.69) is 10.3 Å². The first-order valence-corrected chi connectivity index (χ1v) is 8.86. The molecule has 0 atom stereocenters. The van der Waals surface area contributed by atoms with E-state index in [9.17, 15) is 14.4 Å². The Hall–Kier alpha value is -3.74. The normalized spacial score (nSPS) is 12.5. The van der Waals surface area contributed by atoms with Crippen molar-refractivity contribution in [3.05, 3.63) is 88.1 Å². The summed E-state index contributed by atoms with van der Waals surface area (Å²) in [5.74, 6) is -0.590. The second-order valence-electron chi connectivity index (χ2n) is 6.58. The van der Waals surface area contributed by atoms with E-state index < -0.39 is 5.91 Å². The molecular formula is C21H18N4O3. The van der Waals surface area contributed by atoms with Crippen molar-refractivity contribution in [2.45, 2.75) is 6.42 Å². The standard InChI is InChI=1S/C21H18N4O3/c1-24-11-2-3-17(21(24)28)19(26)23-16-5-4-14-8-12-25(18(14)13-16)20(27)15-6-9-22-10-7-15/h2-7,9-11,13H,8,12H2,1H3,(H,23,26). The third kappa shape index (κ3) is 3.18. The Balaban J connectivity index is 1.60. The quantitative estimate of drug-likeness (QED) is 0.762. The molecule has 0 bridgehead atoms. The lowest BCUT2D eigenvalue weighted by Gasteiger charge is -2.18. The summed E-state index contributed by atoms with van der Waals surface area (Å²) in [4.78, 5) is 43.1. The van der Waals surface area contributed by atoms with Crippen LogP contribution in [0.2, 0.25) is 0 Å². The molecule has 3 aromatic rings. The van der Waals surface area contributed by atoms with Gasteiger partial charge in [0.1, 0.15) is 5.56 Å². The molecule has 0 spiro atoms. The SMILES string of the molecule is Cn1cccc(C(=O)Nc2ccc3c(c2)N(C(=O)c2ccncc2)CC3)c1=O. The van der Waals surface area contributed by atoms with Crippen molar-refractivity contribution in [2.75, 3.05) is 16.8 Å². The first-order chi connectivity index (χ1) is 13.5. The number of pyridine rings is 2. The number of aromatic nitrogens is 2. The summed E-state index contributed by atoms with van der Waals surface area (Å²) in [5, 5.41) is 2.75. The third-order valence-corrected chi connectivity index (χ3v) is 4.78. The minimum absolute atomic E-state index is 0.0650. The largest absolute Gasteiger partial charge is 0.322 e. The lowest BCUT2D eigenvalue weighted by atomic mass is 10.1. The van der Waals surface area contributed by atoms with Crippen molar-refractivity contribution in [1.29, 1.82) is 0 Å². The number of nitrogens with one attached hydrogen (secondary N) is 1. The van der Waals surface area contributed by atoms with Crippen molar-refractivity contribution in [3.63, 3.8) is 0 Å². The number of fused-ring (bicyclic) bond motifs is 1. The van der Waals surface area contributed by atoms with Gasteiger partial charge in [0.05, 0.1) is 0 Å². The molecule has 1 aliphatic heterocycles. The number of benzene rings is 1. The van der Waals surface area contributed by atoms with Crippen LogP contribution in [-0.2, 0) is 13.5 Å². The summed E-state index contributed by atoms with van der Waals surface area (Å²) in [7, 11) is 1.59. The predicted molar refractivity (Wildman–Crippen MR) is 106 cm³/mol. The summed E-state index contributed by atoms with van der Waals surface area (Å²) in [6, 6.07) is 11.9. The van der Waals surface area contributed by atoms with Gasteiger partial charge in [-0.15, -0.1) is 0 Å². The molecule has 2 aromatic heterocycles. The van der Waals surface area contributed by atoms with E-state index in [4.69, 9.17) is 0 Å². The minimum atomic E-state index is -0.480. The lowest BCUT2D eigenvalue weighted by molar-refractivity contribution is 0.0987. The first-order valence-electron chi connectivity index (χ1n) is 8.86. The molecule has 7 nitrogen and oxygen atoms in total. The number of anilines is 2. The Morgan fingerprint density at radius 1 is 1.11 bits per heavy atom. The number of hydrogen-bond acceptors (Lipinski definition) is 4. The molecule has 0 unspecified atom stereocenters. The fourth-order valence-corrected chi connectivity index (χ4v) is 3.29. The minimum Gasteiger partial charge on any atom is -0.322 e. The lowest BCUT2D eigenvalue weighted by Crippen LogP contribution is -2.29.